The van der Waals surface area contributed by atoms with Gasteiger partial charge in [-0.2, -0.15) is 0 Å². The lowest BCUT2D eigenvalue weighted by Gasteiger charge is -2.37. The lowest BCUT2D eigenvalue weighted by molar-refractivity contribution is -0.120. The van der Waals surface area contributed by atoms with Gasteiger partial charge in [-0.3, -0.25) is 10.2 Å². The molecule has 2 fully saturated rings. The van der Waals surface area contributed by atoms with Crippen molar-refractivity contribution in [2.24, 2.45) is 0 Å². The second-order valence-electron chi connectivity index (χ2n) is 6.87. The molecule has 0 atom stereocenters. The molecule has 0 radical (unpaired) electrons. The van der Waals surface area contributed by atoms with Gasteiger partial charge < -0.3 is 10.1 Å². The highest BCUT2D eigenvalue weighted by Crippen LogP contribution is 2.35. The van der Waals surface area contributed by atoms with Gasteiger partial charge in [-0.05, 0) is 52.9 Å². The van der Waals surface area contributed by atoms with Crippen LogP contribution in [0.2, 0.25) is 0 Å². The number of hydrogen-bond donors (Lipinski definition) is 3. The minimum atomic E-state index is -0.490. The van der Waals surface area contributed by atoms with Crippen molar-refractivity contribution in [3.63, 3.8) is 0 Å². The molecule has 20 heavy (non-hydrogen) atoms. The first-order valence-electron chi connectivity index (χ1n) is 7.34. The molecule has 2 amide bonds. The molecule has 0 aromatic heterocycles. The topological polar surface area (TPSA) is 79.5 Å². The zero-order chi connectivity index (χ0) is 14.8. The summed E-state index contributed by atoms with van der Waals surface area (Å²) in [5.41, 5.74) is 5.15. The molecule has 0 aromatic rings. The second kappa shape index (κ2) is 5.60. The van der Waals surface area contributed by atoms with E-state index in [1.165, 1.54) is 0 Å². The minimum Gasteiger partial charge on any atom is -0.443 e. The molecule has 0 bridgehead atoms. The average molecular weight is 283 g/mol. The standard InChI is InChI=1S/C14H25N3O3/c1-13(2,3)20-12(19)17-16-10-4-7-14(8-5-10)9-6-11(18)15-14/h10,16H,4-9H2,1-3H3,(H,15,18)(H,17,19). The van der Waals surface area contributed by atoms with E-state index in [9.17, 15) is 9.59 Å². The molecule has 1 spiro atoms. The Kier molecular flexibility index (Phi) is 4.22. The zero-order valence-electron chi connectivity index (χ0n) is 12.5. The van der Waals surface area contributed by atoms with Gasteiger partial charge in [0.2, 0.25) is 5.91 Å². The quantitative estimate of drug-likeness (QED) is 0.673. The molecule has 1 saturated carbocycles. The Hall–Kier alpha value is -1.30. The number of carbonyl (C=O) groups is 2. The third-order valence-corrected chi connectivity index (χ3v) is 3.96. The smallest absolute Gasteiger partial charge is 0.422 e. The van der Waals surface area contributed by atoms with Gasteiger partial charge in [-0.1, -0.05) is 0 Å². The summed E-state index contributed by atoms with van der Waals surface area (Å²) in [7, 11) is 0. The number of rotatable bonds is 2. The predicted octanol–water partition coefficient (Wildman–Crippen LogP) is 1.61. The van der Waals surface area contributed by atoms with Crippen LogP contribution in [0.25, 0.3) is 0 Å². The number of hydrogen-bond acceptors (Lipinski definition) is 4. The number of amides is 2. The van der Waals surface area contributed by atoms with Crippen molar-refractivity contribution in [1.29, 1.82) is 0 Å². The summed E-state index contributed by atoms with van der Waals surface area (Å²) in [6.07, 6.45) is 4.95. The van der Waals surface area contributed by atoms with Crippen LogP contribution in [-0.2, 0) is 9.53 Å². The van der Waals surface area contributed by atoms with E-state index in [2.05, 4.69) is 16.2 Å². The fraction of sp³-hybridized carbons (Fsp3) is 0.857. The van der Waals surface area contributed by atoms with Crippen molar-refractivity contribution in [2.75, 3.05) is 0 Å². The van der Waals surface area contributed by atoms with Crippen LogP contribution < -0.4 is 16.2 Å². The van der Waals surface area contributed by atoms with E-state index in [0.29, 0.717) is 6.42 Å². The molecule has 1 aliphatic heterocycles. The van der Waals surface area contributed by atoms with E-state index < -0.39 is 11.7 Å². The van der Waals surface area contributed by atoms with Gasteiger partial charge in [-0.25, -0.2) is 10.2 Å². The summed E-state index contributed by atoms with van der Waals surface area (Å²) in [5.74, 6) is 0.170. The van der Waals surface area contributed by atoms with E-state index in [-0.39, 0.29) is 17.5 Å². The summed E-state index contributed by atoms with van der Waals surface area (Å²) in [6, 6.07) is 0.241. The van der Waals surface area contributed by atoms with Gasteiger partial charge in [0.15, 0.2) is 0 Å². The van der Waals surface area contributed by atoms with E-state index in [1.807, 2.05) is 20.8 Å². The fourth-order valence-corrected chi connectivity index (χ4v) is 2.93. The highest BCUT2D eigenvalue weighted by molar-refractivity contribution is 5.79. The van der Waals surface area contributed by atoms with E-state index in [1.54, 1.807) is 0 Å². The molecule has 1 saturated heterocycles. The predicted molar refractivity (Wildman–Crippen MR) is 74.9 cm³/mol. The maximum atomic E-state index is 11.5. The summed E-state index contributed by atoms with van der Waals surface area (Å²) in [5, 5.41) is 3.11. The van der Waals surface area contributed by atoms with Gasteiger partial charge in [0.05, 0.1) is 0 Å². The lowest BCUT2D eigenvalue weighted by Crippen LogP contribution is -2.52. The largest absolute Gasteiger partial charge is 0.443 e. The Labute approximate surface area is 120 Å². The summed E-state index contributed by atoms with van der Waals surface area (Å²) < 4.78 is 5.17. The summed E-state index contributed by atoms with van der Waals surface area (Å²) in [4.78, 5) is 22.9. The van der Waals surface area contributed by atoms with Gasteiger partial charge in [0.1, 0.15) is 5.60 Å². The number of carbonyl (C=O) groups excluding carboxylic acids is 2. The summed E-state index contributed by atoms with van der Waals surface area (Å²) >= 11 is 0. The van der Waals surface area contributed by atoms with Crippen LogP contribution in [0, 0.1) is 0 Å². The van der Waals surface area contributed by atoms with Crippen LogP contribution in [0.3, 0.4) is 0 Å². The molecule has 0 unspecified atom stereocenters. The van der Waals surface area contributed by atoms with Crippen LogP contribution in [0.15, 0.2) is 0 Å². The summed E-state index contributed by atoms with van der Waals surface area (Å²) in [6.45, 7) is 5.50. The lowest BCUT2D eigenvalue weighted by atomic mass is 9.79. The minimum absolute atomic E-state index is 0.0151. The number of hydrazine groups is 1. The first kappa shape index (κ1) is 15.1. The molecule has 1 aliphatic carbocycles. The Bertz CT molecular complexity index is 382. The molecule has 1 heterocycles. The first-order chi connectivity index (χ1) is 9.28. The molecule has 2 rings (SSSR count). The SMILES string of the molecule is CC(C)(C)OC(=O)NNC1CCC2(CCC(=O)N2)CC1. The highest BCUT2D eigenvalue weighted by atomic mass is 16.6. The Balaban J connectivity index is 1.70. The van der Waals surface area contributed by atoms with E-state index in [4.69, 9.17) is 4.74 Å². The Morgan fingerprint density at radius 3 is 2.45 bits per heavy atom. The van der Waals surface area contributed by atoms with Crippen molar-refractivity contribution in [2.45, 2.75) is 76.5 Å². The van der Waals surface area contributed by atoms with Crippen molar-refractivity contribution in [1.82, 2.24) is 16.2 Å². The normalized spacial score (nSPS) is 30.1. The van der Waals surface area contributed by atoms with Gasteiger partial charge >= 0.3 is 6.09 Å². The van der Waals surface area contributed by atoms with Crippen LogP contribution in [0.5, 0.6) is 0 Å². The maximum Gasteiger partial charge on any atom is 0.422 e. The van der Waals surface area contributed by atoms with Crippen LogP contribution in [0.1, 0.15) is 59.3 Å². The van der Waals surface area contributed by atoms with Crippen LogP contribution in [-0.4, -0.2) is 29.2 Å². The molecule has 6 heteroatoms. The first-order valence-corrected chi connectivity index (χ1v) is 7.34. The fourth-order valence-electron chi connectivity index (χ4n) is 2.93. The molecule has 0 aromatic carbocycles. The monoisotopic (exact) mass is 283 g/mol. The molecule has 3 N–H and O–H groups in total. The Morgan fingerprint density at radius 2 is 1.95 bits per heavy atom. The molecule has 2 aliphatic rings. The van der Waals surface area contributed by atoms with Gasteiger partial charge in [-0.15, -0.1) is 0 Å². The van der Waals surface area contributed by atoms with Gasteiger partial charge in [0, 0.05) is 18.0 Å². The highest BCUT2D eigenvalue weighted by Gasteiger charge is 2.40. The van der Waals surface area contributed by atoms with E-state index in [0.717, 1.165) is 32.1 Å². The van der Waals surface area contributed by atoms with Gasteiger partial charge in [0.25, 0.3) is 0 Å². The average Bonchev–Trinajstić information content (AvgIpc) is 2.68. The molecular formula is C14H25N3O3. The van der Waals surface area contributed by atoms with Crippen molar-refractivity contribution >= 4 is 12.0 Å². The second-order valence-corrected chi connectivity index (χ2v) is 6.87. The molecule has 6 nitrogen and oxygen atoms in total. The van der Waals surface area contributed by atoms with Crippen molar-refractivity contribution < 1.29 is 14.3 Å². The van der Waals surface area contributed by atoms with Crippen molar-refractivity contribution in [3.8, 4) is 0 Å². The number of nitrogens with one attached hydrogen (secondary N) is 3. The van der Waals surface area contributed by atoms with E-state index >= 15 is 0 Å². The third-order valence-electron chi connectivity index (χ3n) is 3.96. The van der Waals surface area contributed by atoms with Crippen molar-refractivity contribution in [3.05, 3.63) is 0 Å². The number of ether oxygens (including phenoxy) is 1. The third kappa shape index (κ3) is 4.10. The maximum absolute atomic E-state index is 11.5. The molecular weight excluding hydrogens is 258 g/mol. The zero-order valence-corrected chi connectivity index (χ0v) is 12.5. The molecule has 114 valence electrons. The van der Waals surface area contributed by atoms with Crippen LogP contribution in [0.4, 0.5) is 4.79 Å². The van der Waals surface area contributed by atoms with Crippen LogP contribution >= 0.6 is 0 Å². The Morgan fingerprint density at radius 1 is 1.30 bits per heavy atom.